The van der Waals surface area contributed by atoms with Gasteiger partial charge >= 0.3 is 0 Å². The average molecular weight is 402 g/mol. The zero-order chi connectivity index (χ0) is 20.8. The number of amides is 1. The molecule has 0 spiro atoms. The molecule has 1 atom stereocenters. The van der Waals surface area contributed by atoms with Crippen LogP contribution in [0.15, 0.2) is 78.9 Å². The first-order valence-electron chi connectivity index (χ1n) is 10.2. The number of methoxy groups -OCH3 is 1. The van der Waals surface area contributed by atoms with E-state index in [2.05, 4.69) is 17.4 Å². The first-order chi connectivity index (χ1) is 14.8. The van der Waals surface area contributed by atoms with Gasteiger partial charge in [-0.25, -0.2) is 0 Å². The molecule has 5 nitrogen and oxygen atoms in total. The Morgan fingerprint density at radius 3 is 2.57 bits per heavy atom. The third-order valence-corrected chi connectivity index (χ3v) is 5.23. The van der Waals surface area contributed by atoms with Crippen LogP contribution in [0.3, 0.4) is 0 Å². The predicted molar refractivity (Wildman–Crippen MR) is 118 cm³/mol. The van der Waals surface area contributed by atoms with E-state index in [1.54, 1.807) is 7.11 Å². The largest absolute Gasteiger partial charge is 0.493 e. The molecule has 1 aliphatic rings. The number of carbonyl (C=O) groups is 1. The second-order valence-electron chi connectivity index (χ2n) is 7.24. The molecule has 3 aromatic rings. The molecule has 0 radical (unpaired) electrons. The number of rotatable bonds is 8. The average Bonchev–Trinajstić information content (AvgIpc) is 2.79. The number of nitrogens with zero attached hydrogens (tertiary/aromatic N) is 1. The zero-order valence-corrected chi connectivity index (χ0v) is 17.1. The lowest BCUT2D eigenvalue weighted by Gasteiger charge is -2.38. The number of para-hydroxylation sites is 1. The van der Waals surface area contributed by atoms with Crippen LogP contribution < -0.4 is 10.1 Å². The van der Waals surface area contributed by atoms with Gasteiger partial charge in [-0.15, -0.1) is 0 Å². The molecule has 1 heterocycles. The maximum Gasteiger partial charge on any atom is 0.257 e. The SMILES string of the molecule is COCCN1C(=O)c2ccccc2NC1c1cccc(OCCc2ccccc2)c1. The standard InChI is InChI=1S/C25H26N2O3/c1-29-17-15-27-24(26-23-13-6-5-12-22(23)25(27)28)20-10-7-11-21(18-20)30-16-14-19-8-3-2-4-9-19/h2-13,18,24,26H,14-17H2,1H3. The van der Waals surface area contributed by atoms with Crippen molar-refractivity contribution in [2.75, 3.05) is 32.2 Å². The van der Waals surface area contributed by atoms with E-state index in [-0.39, 0.29) is 12.1 Å². The summed E-state index contributed by atoms with van der Waals surface area (Å²) in [6.07, 6.45) is 0.568. The summed E-state index contributed by atoms with van der Waals surface area (Å²) in [4.78, 5) is 14.9. The molecule has 154 valence electrons. The molecule has 30 heavy (non-hydrogen) atoms. The zero-order valence-electron chi connectivity index (χ0n) is 17.1. The van der Waals surface area contributed by atoms with Gasteiger partial charge in [0.15, 0.2) is 0 Å². The van der Waals surface area contributed by atoms with Gasteiger partial charge in [0.05, 0.1) is 18.8 Å². The highest BCUT2D eigenvalue weighted by Crippen LogP contribution is 2.33. The van der Waals surface area contributed by atoms with E-state index in [0.29, 0.717) is 25.3 Å². The maximum absolute atomic E-state index is 13.1. The molecule has 0 aromatic heterocycles. The molecule has 4 rings (SSSR count). The van der Waals surface area contributed by atoms with E-state index >= 15 is 0 Å². The summed E-state index contributed by atoms with van der Waals surface area (Å²) in [5, 5.41) is 3.51. The lowest BCUT2D eigenvalue weighted by molar-refractivity contribution is 0.0609. The molecule has 0 aliphatic carbocycles. The molecule has 3 aromatic carbocycles. The maximum atomic E-state index is 13.1. The Morgan fingerprint density at radius 1 is 0.933 bits per heavy atom. The lowest BCUT2D eigenvalue weighted by Crippen LogP contribution is -2.44. The van der Waals surface area contributed by atoms with Crippen molar-refractivity contribution >= 4 is 11.6 Å². The minimum Gasteiger partial charge on any atom is -0.493 e. The van der Waals surface area contributed by atoms with Crippen LogP contribution in [0.5, 0.6) is 5.75 Å². The molecule has 1 amide bonds. The number of ether oxygens (including phenoxy) is 2. The summed E-state index contributed by atoms with van der Waals surface area (Å²) in [7, 11) is 1.64. The Labute approximate surface area is 177 Å². The van der Waals surface area contributed by atoms with Gasteiger partial charge in [-0.1, -0.05) is 54.6 Å². The highest BCUT2D eigenvalue weighted by Gasteiger charge is 2.32. The fourth-order valence-electron chi connectivity index (χ4n) is 3.68. The van der Waals surface area contributed by atoms with Crippen LogP contribution in [0.2, 0.25) is 0 Å². The summed E-state index contributed by atoms with van der Waals surface area (Å²) < 4.78 is 11.2. The van der Waals surface area contributed by atoms with Crippen LogP contribution in [0.25, 0.3) is 0 Å². The first kappa shape index (κ1) is 20.0. The molecule has 0 fully saturated rings. The van der Waals surface area contributed by atoms with Crippen molar-refractivity contribution in [2.45, 2.75) is 12.6 Å². The molecule has 0 saturated carbocycles. The van der Waals surface area contributed by atoms with Crippen molar-refractivity contribution in [2.24, 2.45) is 0 Å². The van der Waals surface area contributed by atoms with Crippen LogP contribution in [-0.2, 0) is 11.2 Å². The van der Waals surface area contributed by atoms with Crippen LogP contribution in [0.4, 0.5) is 5.69 Å². The smallest absolute Gasteiger partial charge is 0.257 e. The van der Waals surface area contributed by atoms with E-state index in [9.17, 15) is 4.79 Å². The van der Waals surface area contributed by atoms with E-state index < -0.39 is 0 Å². The van der Waals surface area contributed by atoms with Gasteiger partial charge in [-0.3, -0.25) is 4.79 Å². The number of benzene rings is 3. The van der Waals surface area contributed by atoms with E-state index in [4.69, 9.17) is 9.47 Å². The normalized spacial score (nSPS) is 15.4. The quantitative estimate of drug-likeness (QED) is 0.602. The molecular weight excluding hydrogens is 376 g/mol. The van der Waals surface area contributed by atoms with Crippen molar-refractivity contribution in [1.82, 2.24) is 4.90 Å². The number of hydrogen-bond acceptors (Lipinski definition) is 4. The summed E-state index contributed by atoms with van der Waals surface area (Å²) in [5.74, 6) is 0.796. The van der Waals surface area contributed by atoms with Crippen LogP contribution in [0, 0.1) is 0 Å². The predicted octanol–water partition coefficient (Wildman–Crippen LogP) is 4.52. The minimum absolute atomic E-state index is 0.00167. The van der Waals surface area contributed by atoms with Crippen LogP contribution in [-0.4, -0.2) is 37.7 Å². The summed E-state index contributed by atoms with van der Waals surface area (Å²) in [6, 6.07) is 25.8. The molecule has 1 unspecified atom stereocenters. The number of fused-ring (bicyclic) bond motifs is 1. The Kier molecular flexibility index (Phi) is 6.30. The van der Waals surface area contributed by atoms with Gasteiger partial charge in [0.2, 0.25) is 0 Å². The first-order valence-corrected chi connectivity index (χ1v) is 10.2. The number of hydrogen-bond donors (Lipinski definition) is 1. The molecule has 1 N–H and O–H groups in total. The Balaban J connectivity index is 1.52. The molecular formula is C25H26N2O3. The van der Waals surface area contributed by atoms with Crippen molar-refractivity contribution < 1.29 is 14.3 Å². The summed E-state index contributed by atoms with van der Waals surface area (Å²) >= 11 is 0. The number of nitrogens with one attached hydrogen (secondary N) is 1. The van der Waals surface area contributed by atoms with E-state index in [1.165, 1.54) is 5.56 Å². The fourth-order valence-corrected chi connectivity index (χ4v) is 3.68. The Morgan fingerprint density at radius 2 is 1.73 bits per heavy atom. The molecule has 5 heteroatoms. The second kappa shape index (κ2) is 9.46. The summed E-state index contributed by atoms with van der Waals surface area (Å²) in [5.41, 5.74) is 3.75. The van der Waals surface area contributed by atoms with Crippen molar-refractivity contribution in [1.29, 1.82) is 0 Å². The topological polar surface area (TPSA) is 50.8 Å². The number of carbonyl (C=O) groups excluding carboxylic acids is 1. The van der Waals surface area contributed by atoms with Gasteiger partial charge in [-0.2, -0.15) is 0 Å². The molecule has 0 bridgehead atoms. The highest BCUT2D eigenvalue weighted by molar-refractivity contribution is 6.01. The van der Waals surface area contributed by atoms with Crippen molar-refractivity contribution in [3.8, 4) is 5.75 Å². The summed E-state index contributed by atoms with van der Waals surface area (Å²) in [6.45, 7) is 1.57. The third kappa shape index (κ3) is 4.47. The molecule has 0 saturated heterocycles. The van der Waals surface area contributed by atoms with Gasteiger partial charge in [-0.05, 0) is 35.4 Å². The number of anilines is 1. The van der Waals surface area contributed by atoms with Gasteiger partial charge in [0.25, 0.3) is 5.91 Å². The van der Waals surface area contributed by atoms with Crippen molar-refractivity contribution in [3.63, 3.8) is 0 Å². The van der Waals surface area contributed by atoms with Gasteiger partial charge in [0.1, 0.15) is 11.9 Å². The van der Waals surface area contributed by atoms with Crippen LogP contribution >= 0.6 is 0 Å². The Hall–Kier alpha value is -3.31. The fraction of sp³-hybridized carbons (Fsp3) is 0.240. The van der Waals surface area contributed by atoms with E-state index in [0.717, 1.165) is 23.4 Å². The molecule has 1 aliphatic heterocycles. The van der Waals surface area contributed by atoms with E-state index in [1.807, 2.05) is 71.6 Å². The van der Waals surface area contributed by atoms with Gasteiger partial charge < -0.3 is 19.7 Å². The minimum atomic E-state index is -0.278. The second-order valence-corrected chi connectivity index (χ2v) is 7.24. The lowest BCUT2D eigenvalue weighted by atomic mass is 10.0. The monoisotopic (exact) mass is 402 g/mol. The van der Waals surface area contributed by atoms with Crippen molar-refractivity contribution in [3.05, 3.63) is 95.6 Å². The highest BCUT2D eigenvalue weighted by atomic mass is 16.5. The Bertz CT molecular complexity index is 990. The van der Waals surface area contributed by atoms with Gasteiger partial charge in [0, 0.05) is 25.8 Å². The third-order valence-electron chi connectivity index (χ3n) is 5.23. The van der Waals surface area contributed by atoms with Crippen LogP contribution in [0.1, 0.15) is 27.7 Å².